The molecule has 0 atom stereocenters. The summed E-state index contributed by atoms with van der Waals surface area (Å²) in [6.07, 6.45) is -4.24. The zero-order valence-electron chi connectivity index (χ0n) is 11.1. The van der Waals surface area contributed by atoms with Crippen molar-refractivity contribution in [2.75, 3.05) is 20.1 Å². The second-order valence-corrected chi connectivity index (χ2v) is 5.05. The average molecular weight is 287 g/mol. The third-order valence-corrected chi connectivity index (χ3v) is 3.66. The molecule has 0 aliphatic carbocycles. The standard InChI is InChI=1S/C14H16F3NO2/c1-18-8-6-13(7-9-18,14(15,16)17)20-12-5-3-2-4-11(12)10-19/h2-5,10H,6-9H2,1H3. The molecular weight excluding hydrogens is 271 g/mol. The van der Waals surface area contributed by atoms with Crippen molar-refractivity contribution >= 4 is 6.29 Å². The molecule has 0 radical (unpaired) electrons. The van der Waals surface area contributed by atoms with Crippen LogP contribution >= 0.6 is 0 Å². The summed E-state index contributed by atoms with van der Waals surface area (Å²) >= 11 is 0. The third kappa shape index (κ3) is 2.80. The van der Waals surface area contributed by atoms with E-state index in [0.29, 0.717) is 19.4 Å². The molecule has 1 aromatic carbocycles. The first-order valence-electron chi connectivity index (χ1n) is 6.36. The highest BCUT2D eigenvalue weighted by atomic mass is 19.4. The van der Waals surface area contributed by atoms with Crippen LogP contribution in [0, 0.1) is 0 Å². The Bertz CT molecular complexity index is 480. The first-order chi connectivity index (χ1) is 9.38. The van der Waals surface area contributed by atoms with Crippen molar-refractivity contribution in [2.45, 2.75) is 24.6 Å². The van der Waals surface area contributed by atoms with E-state index in [-0.39, 0.29) is 24.2 Å². The van der Waals surface area contributed by atoms with Crippen molar-refractivity contribution < 1.29 is 22.7 Å². The van der Waals surface area contributed by atoms with Crippen LogP contribution in [-0.2, 0) is 0 Å². The maximum Gasteiger partial charge on any atom is 0.428 e. The van der Waals surface area contributed by atoms with Crippen LogP contribution in [0.5, 0.6) is 5.75 Å². The van der Waals surface area contributed by atoms with Crippen LogP contribution < -0.4 is 4.74 Å². The Kier molecular flexibility index (Phi) is 4.04. The summed E-state index contributed by atoms with van der Waals surface area (Å²) in [6, 6.07) is 5.99. The number of likely N-dealkylation sites (tertiary alicyclic amines) is 1. The number of benzene rings is 1. The second kappa shape index (κ2) is 5.44. The van der Waals surface area contributed by atoms with Crippen molar-refractivity contribution in [1.29, 1.82) is 0 Å². The molecule has 0 N–H and O–H groups in total. The number of aldehydes is 1. The number of nitrogens with zero attached hydrogens (tertiary/aromatic N) is 1. The van der Waals surface area contributed by atoms with Crippen LogP contribution in [0.4, 0.5) is 13.2 Å². The predicted molar refractivity (Wildman–Crippen MR) is 68.0 cm³/mol. The zero-order chi connectivity index (χ0) is 14.8. The van der Waals surface area contributed by atoms with Gasteiger partial charge in [0.25, 0.3) is 0 Å². The molecule has 1 aliphatic rings. The molecule has 1 fully saturated rings. The van der Waals surface area contributed by atoms with Gasteiger partial charge in [0, 0.05) is 25.9 Å². The second-order valence-electron chi connectivity index (χ2n) is 5.05. The van der Waals surface area contributed by atoms with Gasteiger partial charge in [-0.05, 0) is 19.2 Å². The molecule has 0 bridgehead atoms. The van der Waals surface area contributed by atoms with Gasteiger partial charge >= 0.3 is 6.18 Å². The molecule has 0 spiro atoms. The smallest absolute Gasteiger partial charge is 0.428 e. The van der Waals surface area contributed by atoms with Gasteiger partial charge in [0.15, 0.2) is 6.29 Å². The van der Waals surface area contributed by atoms with E-state index in [4.69, 9.17) is 4.74 Å². The first-order valence-corrected chi connectivity index (χ1v) is 6.36. The molecule has 1 aliphatic heterocycles. The summed E-state index contributed by atoms with van der Waals surface area (Å²) in [5, 5.41) is 0. The summed E-state index contributed by atoms with van der Waals surface area (Å²) in [7, 11) is 1.78. The van der Waals surface area contributed by atoms with Crippen LogP contribution in [-0.4, -0.2) is 43.1 Å². The van der Waals surface area contributed by atoms with E-state index in [1.54, 1.807) is 19.2 Å². The molecule has 110 valence electrons. The summed E-state index contributed by atoms with van der Waals surface area (Å²) in [6.45, 7) is 0.617. The normalized spacial score (nSPS) is 19.6. The molecule has 0 aromatic heterocycles. The minimum Gasteiger partial charge on any atom is -0.477 e. The van der Waals surface area contributed by atoms with E-state index in [1.807, 2.05) is 4.90 Å². The summed E-state index contributed by atoms with van der Waals surface area (Å²) in [4.78, 5) is 12.7. The molecule has 6 heteroatoms. The summed E-state index contributed by atoms with van der Waals surface area (Å²) < 4.78 is 45.5. The lowest BCUT2D eigenvalue weighted by molar-refractivity contribution is -0.260. The minimum atomic E-state index is -4.47. The van der Waals surface area contributed by atoms with E-state index in [0.717, 1.165) is 0 Å². The Morgan fingerprint density at radius 1 is 1.25 bits per heavy atom. The number of hydrogen-bond donors (Lipinski definition) is 0. The lowest BCUT2D eigenvalue weighted by Gasteiger charge is -2.41. The fourth-order valence-corrected chi connectivity index (χ4v) is 2.30. The van der Waals surface area contributed by atoms with E-state index >= 15 is 0 Å². The van der Waals surface area contributed by atoms with E-state index in [9.17, 15) is 18.0 Å². The number of alkyl halides is 3. The van der Waals surface area contributed by atoms with Gasteiger partial charge in [-0.1, -0.05) is 12.1 Å². The lowest BCUT2D eigenvalue weighted by atomic mass is 9.90. The van der Waals surface area contributed by atoms with Crippen molar-refractivity contribution in [3.63, 3.8) is 0 Å². The monoisotopic (exact) mass is 287 g/mol. The Morgan fingerprint density at radius 3 is 2.40 bits per heavy atom. The average Bonchev–Trinajstić information content (AvgIpc) is 2.41. The Balaban J connectivity index is 2.32. The van der Waals surface area contributed by atoms with Crippen molar-refractivity contribution in [3.8, 4) is 5.75 Å². The van der Waals surface area contributed by atoms with Gasteiger partial charge in [-0.25, -0.2) is 0 Å². The SMILES string of the molecule is CN1CCC(Oc2ccccc2C=O)(C(F)(F)F)CC1. The van der Waals surface area contributed by atoms with Gasteiger partial charge in [-0.2, -0.15) is 13.2 Å². The predicted octanol–water partition coefficient (Wildman–Crippen LogP) is 2.90. The first kappa shape index (κ1) is 14.8. The van der Waals surface area contributed by atoms with E-state index < -0.39 is 11.8 Å². The zero-order valence-corrected chi connectivity index (χ0v) is 11.1. The summed E-state index contributed by atoms with van der Waals surface area (Å²) in [5.74, 6) is -0.00984. The van der Waals surface area contributed by atoms with Crippen LogP contribution in [0.25, 0.3) is 0 Å². The van der Waals surface area contributed by atoms with Crippen LogP contribution in [0.2, 0.25) is 0 Å². The molecule has 20 heavy (non-hydrogen) atoms. The number of halogens is 3. The Morgan fingerprint density at radius 2 is 1.85 bits per heavy atom. The number of piperidine rings is 1. The number of para-hydroxylation sites is 1. The van der Waals surface area contributed by atoms with Crippen LogP contribution in [0.1, 0.15) is 23.2 Å². The highest BCUT2D eigenvalue weighted by Gasteiger charge is 2.58. The number of ether oxygens (including phenoxy) is 1. The number of hydrogen-bond acceptors (Lipinski definition) is 3. The van der Waals surface area contributed by atoms with Gasteiger partial charge in [0.2, 0.25) is 5.60 Å². The van der Waals surface area contributed by atoms with E-state index in [1.165, 1.54) is 12.1 Å². The number of rotatable bonds is 3. The third-order valence-electron chi connectivity index (χ3n) is 3.66. The summed E-state index contributed by atoms with van der Waals surface area (Å²) in [5.41, 5.74) is -2.08. The molecule has 1 saturated heterocycles. The fourth-order valence-electron chi connectivity index (χ4n) is 2.30. The lowest BCUT2D eigenvalue weighted by Crippen LogP contribution is -2.56. The van der Waals surface area contributed by atoms with E-state index in [2.05, 4.69) is 0 Å². The van der Waals surface area contributed by atoms with Crippen LogP contribution in [0.15, 0.2) is 24.3 Å². The number of carbonyl (C=O) groups is 1. The highest BCUT2D eigenvalue weighted by Crippen LogP contribution is 2.42. The maximum absolute atomic E-state index is 13.4. The number of carbonyl (C=O) groups excluding carboxylic acids is 1. The minimum absolute atomic E-state index is 0.00984. The quantitative estimate of drug-likeness (QED) is 0.801. The molecular formula is C14H16F3NO2. The van der Waals surface area contributed by atoms with Gasteiger partial charge in [-0.3, -0.25) is 4.79 Å². The van der Waals surface area contributed by atoms with Gasteiger partial charge < -0.3 is 9.64 Å². The van der Waals surface area contributed by atoms with Gasteiger partial charge in [0.05, 0.1) is 5.56 Å². The van der Waals surface area contributed by atoms with Crippen LogP contribution in [0.3, 0.4) is 0 Å². The molecule has 0 unspecified atom stereocenters. The largest absolute Gasteiger partial charge is 0.477 e. The van der Waals surface area contributed by atoms with Crippen molar-refractivity contribution in [2.24, 2.45) is 0 Å². The molecule has 0 saturated carbocycles. The molecule has 1 heterocycles. The topological polar surface area (TPSA) is 29.5 Å². The molecule has 1 aromatic rings. The fraction of sp³-hybridized carbons (Fsp3) is 0.500. The Labute approximate surface area is 115 Å². The van der Waals surface area contributed by atoms with Crippen molar-refractivity contribution in [1.82, 2.24) is 4.90 Å². The van der Waals surface area contributed by atoms with Crippen molar-refractivity contribution in [3.05, 3.63) is 29.8 Å². The van der Waals surface area contributed by atoms with Gasteiger partial charge in [0.1, 0.15) is 5.75 Å². The molecule has 3 nitrogen and oxygen atoms in total. The highest BCUT2D eigenvalue weighted by molar-refractivity contribution is 5.79. The maximum atomic E-state index is 13.4. The molecule has 0 amide bonds. The molecule has 2 rings (SSSR count). The van der Waals surface area contributed by atoms with Gasteiger partial charge in [-0.15, -0.1) is 0 Å². The Hall–Kier alpha value is -1.56.